The molecule has 0 aliphatic carbocycles. The van der Waals surface area contributed by atoms with Crippen molar-refractivity contribution in [1.82, 2.24) is 5.32 Å². The molecule has 0 aromatic carbocycles. The lowest BCUT2D eigenvalue weighted by molar-refractivity contribution is -0.118. The Morgan fingerprint density at radius 3 is 2.71 bits per heavy atom. The van der Waals surface area contributed by atoms with Gasteiger partial charge in [-0.3, -0.25) is 4.79 Å². The quantitative estimate of drug-likeness (QED) is 0.492. The molecule has 0 bridgehead atoms. The summed E-state index contributed by atoms with van der Waals surface area (Å²) in [5.74, 6) is 0.347. The SMILES string of the molecule is CCC(=O)C1CN1. The third kappa shape index (κ3) is 0.996. The van der Waals surface area contributed by atoms with Crippen LogP contribution in [0.1, 0.15) is 13.3 Å². The number of carbonyl (C=O) groups excluding carboxylic acids is 1. The van der Waals surface area contributed by atoms with Gasteiger partial charge in [0.25, 0.3) is 0 Å². The first kappa shape index (κ1) is 4.78. The third-order valence-corrected chi connectivity index (χ3v) is 1.15. The van der Waals surface area contributed by atoms with Gasteiger partial charge in [0.1, 0.15) is 0 Å². The second kappa shape index (κ2) is 1.62. The number of hydrogen-bond donors (Lipinski definition) is 1. The molecule has 2 nitrogen and oxygen atoms in total. The molecule has 1 saturated heterocycles. The first-order chi connectivity index (χ1) is 3.34. The van der Waals surface area contributed by atoms with Crippen LogP contribution in [0.3, 0.4) is 0 Å². The Morgan fingerprint density at radius 1 is 2.00 bits per heavy atom. The van der Waals surface area contributed by atoms with E-state index in [0.29, 0.717) is 12.2 Å². The minimum atomic E-state index is 0.227. The van der Waals surface area contributed by atoms with Crippen molar-refractivity contribution in [3.8, 4) is 0 Å². The zero-order valence-corrected chi connectivity index (χ0v) is 4.40. The van der Waals surface area contributed by atoms with Gasteiger partial charge in [-0.15, -0.1) is 0 Å². The highest BCUT2D eigenvalue weighted by atomic mass is 16.1. The van der Waals surface area contributed by atoms with Crippen LogP contribution in [0.25, 0.3) is 0 Å². The maximum atomic E-state index is 10.5. The maximum absolute atomic E-state index is 10.5. The standard InChI is InChI=1S/C5H9NO/c1-2-5(7)4-3-6-4/h4,6H,2-3H2,1H3. The Kier molecular flexibility index (Phi) is 1.11. The fourth-order valence-corrected chi connectivity index (χ4v) is 0.533. The van der Waals surface area contributed by atoms with Gasteiger partial charge >= 0.3 is 0 Å². The van der Waals surface area contributed by atoms with E-state index in [4.69, 9.17) is 0 Å². The normalized spacial score (nSPS) is 27.3. The van der Waals surface area contributed by atoms with Crippen LogP contribution in [-0.2, 0) is 4.79 Å². The lowest BCUT2D eigenvalue weighted by Crippen LogP contribution is -2.06. The van der Waals surface area contributed by atoms with E-state index in [0.717, 1.165) is 6.54 Å². The van der Waals surface area contributed by atoms with Crippen LogP contribution >= 0.6 is 0 Å². The second-order valence-corrected chi connectivity index (χ2v) is 1.78. The molecule has 1 rings (SSSR count). The molecular formula is C5H9NO. The van der Waals surface area contributed by atoms with Crippen molar-refractivity contribution < 1.29 is 4.79 Å². The van der Waals surface area contributed by atoms with Crippen LogP contribution in [0, 0.1) is 0 Å². The van der Waals surface area contributed by atoms with Crippen molar-refractivity contribution in [3.05, 3.63) is 0 Å². The highest BCUT2D eigenvalue weighted by molar-refractivity contribution is 5.86. The zero-order valence-electron chi connectivity index (χ0n) is 4.40. The molecule has 1 fully saturated rings. The van der Waals surface area contributed by atoms with Gasteiger partial charge in [-0.2, -0.15) is 0 Å². The Morgan fingerprint density at radius 2 is 2.57 bits per heavy atom. The molecule has 1 heterocycles. The zero-order chi connectivity index (χ0) is 5.28. The van der Waals surface area contributed by atoms with Gasteiger partial charge in [0.2, 0.25) is 0 Å². The van der Waals surface area contributed by atoms with E-state index < -0.39 is 0 Å². The molecule has 1 aliphatic rings. The Hall–Kier alpha value is -0.370. The van der Waals surface area contributed by atoms with Crippen molar-refractivity contribution in [2.75, 3.05) is 6.54 Å². The molecule has 0 saturated carbocycles. The van der Waals surface area contributed by atoms with E-state index >= 15 is 0 Å². The molecule has 1 aliphatic heterocycles. The van der Waals surface area contributed by atoms with Gasteiger partial charge in [0.05, 0.1) is 6.04 Å². The molecule has 0 aromatic heterocycles. The fourth-order valence-electron chi connectivity index (χ4n) is 0.533. The highest BCUT2D eigenvalue weighted by Crippen LogP contribution is 1.99. The fraction of sp³-hybridized carbons (Fsp3) is 0.800. The number of hydrogen-bond acceptors (Lipinski definition) is 2. The Bertz CT molecular complexity index is 86.1. The van der Waals surface area contributed by atoms with Gasteiger partial charge in [-0.1, -0.05) is 6.92 Å². The molecule has 7 heavy (non-hydrogen) atoms. The smallest absolute Gasteiger partial charge is 0.150 e. The highest BCUT2D eigenvalue weighted by Gasteiger charge is 2.26. The van der Waals surface area contributed by atoms with E-state index in [9.17, 15) is 4.79 Å². The summed E-state index contributed by atoms with van der Waals surface area (Å²) in [5, 5.41) is 2.94. The van der Waals surface area contributed by atoms with E-state index in [1.54, 1.807) is 0 Å². The summed E-state index contributed by atoms with van der Waals surface area (Å²) in [6.07, 6.45) is 0.678. The van der Waals surface area contributed by atoms with Gasteiger partial charge < -0.3 is 5.32 Å². The number of ketones is 1. The van der Waals surface area contributed by atoms with Crippen molar-refractivity contribution in [2.45, 2.75) is 19.4 Å². The van der Waals surface area contributed by atoms with E-state index in [1.165, 1.54) is 0 Å². The molecular weight excluding hydrogens is 90.1 g/mol. The first-order valence-corrected chi connectivity index (χ1v) is 2.60. The van der Waals surface area contributed by atoms with Crippen LogP contribution < -0.4 is 5.32 Å². The van der Waals surface area contributed by atoms with Crippen LogP contribution in [0.15, 0.2) is 0 Å². The molecule has 2 heteroatoms. The summed E-state index contributed by atoms with van der Waals surface area (Å²) in [4.78, 5) is 10.5. The lowest BCUT2D eigenvalue weighted by atomic mass is 10.2. The summed E-state index contributed by atoms with van der Waals surface area (Å²) >= 11 is 0. The summed E-state index contributed by atoms with van der Waals surface area (Å²) in [7, 11) is 0. The predicted octanol–water partition coefficient (Wildman–Crippen LogP) is -0.0627. The van der Waals surface area contributed by atoms with Crippen LogP contribution in [0.5, 0.6) is 0 Å². The van der Waals surface area contributed by atoms with Gasteiger partial charge in [-0.25, -0.2) is 0 Å². The average molecular weight is 99.1 g/mol. The van der Waals surface area contributed by atoms with Crippen molar-refractivity contribution in [2.24, 2.45) is 0 Å². The van der Waals surface area contributed by atoms with Gasteiger partial charge in [0.15, 0.2) is 5.78 Å². The number of nitrogens with one attached hydrogen (secondary N) is 1. The van der Waals surface area contributed by atoms with E-state index in [-0.39, 0.29) is 6.04 Å². The monoisotopic (exact) mass is 99.1 g/mol. The molecule has 0 amide bonds. The maximum Gasteiger partial charge on any atom is 0.150 e. The second-order valence-electron chi connectivity index (χ2n) is 1.78. The predicted molar refractivity (Wildman–Crippen MR) is 27.1 cm³/mol. The molecule has 1 N–H and O–H groups in total. The number of carbonyl (C=O) groups is 1. The van der Waals surface area contributed by atoms with Crippen molar-refractivity contribution in [1.29, 1.82) is 0 Å². The summed E-state index contributed by atoms with van der Waals surface area (Å²) in [6.45, 7) is 2.80. The van der Waals surface area contributed by atoms with Crippen LogP contribution in [0.4, 0.5) is 0 Å². The Labute approximate surface area is 42.9 Å². The van der Waals surface area contributed by atoms with Gasteiger partial charge in [-0.05, 0) is 0 Å². The molecule has 1 atom stereocenters. The Balaban J connectivity index is 2.24. The largest absolute Gasteiger partial charge is 0.304 e. The minimum absolute atomic E-state index is 0.227. The molecule has 1 unspecified atom stereocenters. The summed E-state index contributed by atoms with van der Waals surface area (Å²) in [6, 6.07) is 0.227. The van der Waals surface area contributed by atoms with Crippen LogP contribution in [0.2, 0.25) is 0 Å². The minimum Gasteiger partial charge on any atom is -0.304 e. The molecule has 0 aromatic rings. The number of Topliss-reactive ketones (excluding diaryl/α,β-unsaturated/α-hetero) is 1. The third-order valence-electron chi connectivity index (χ3n) is 1.15. The number of rotatable bonds is 2. The van der Waals surface area contributed by atoms with E-state index in [1.807, 2.05) is 6.92 Å². The lowest BCUT2D eigenvalue weighted by Gasteiger charge is -1.83. The summed E-state index contributed by atoms with van der Waals surface area (Å²) < 4.78 is 0. The summed E-state index contributed by atoms with van der Waals surface area (Å²) in [5.41, 5.74) is 0. The topological polar surface area (TPSA) is 39.0 Å². The average Bonchev–Trinajstić information content (AvgIpc) is 2.44. The van der Waals surface area contributed by atoms with E-state index in [2.05, 4.69) is 5.32 Å². The van der Waals surface area contributed by atoms with Gasteiger partial charge in [0, 0.05) is 13.0 Å². The molecule has 40 valence electrons. The molecule has 0 radical (unpaired) electrons. The first-order valence-electron chi connectivity index (χ1n) is 2.60. The van der Waals surface area contributed by atoms with Crippen molar-refractivity contribution in [3.63, 3.8) is 0 Å². The van der Waals surface area contributed by atoms with Crippen molar-refractivity contribution >= 4 is 5.78 Å². The van der Waals surface area contributed by atoms with Crippen LogP contribution in [-0.4, -0.2) is 18.4 Å². The molecule has 0 spiro atoms.